The van der Waals surface area contributed by atoms with Crippen LogP contribution in [0.5, 0.6) is 0 Å². The van der Waals surface area contributed by atoms with Crippen LogP contribution in [0.4, 0.5) is 5.69 Å². The highest BCUT2D eigenvalue weighted by atomic mass is 16.4. The number of H-pyrrole nitrogens is 1. The molecule has 7 heteroatoms. The van der Waals surface area contributed by atoms with E-state index in [9.17, 15) is 19.5 Å². The molecule has 0 radical (unpaired) electrons. The van der Waals surface area contributed by atoms with Crippen LogP contribution >= 0.6 is 0 Å². The zero-order valence-corrected chi connectivity index (χ0v) is 17.9. The predicted octanol–water partition coefficient (Wildman–Crippen LogP) is 4.31. The summed E-state index contributed by atoms with van der Waals surface area (Å²) in [5, 5.41) is 15.2. The van der Waals surface area contributed by atoms with Crippen molar-refractivity contribution in [2.75, 3.05) is 5.32 Å². The van der Waals surface area contributed by atoms with Crippen molar-refractivity contribution in [3.63, 3.8) is 0 Å². The molecular formula is C25H23N3O4. The number of fused-ring (bicyclic) bond motifs is 1. The van der Waals surface area contributed by atoms with Gasteiger partial charge in [-0.2, -0.15) is 0 Å². The second kappa shape index (κ2) is 8.19. The van der Waals surface area contributed by atoms with Crippen LogP contribution in [0, 0.1) is 13.8 Å². The van der Waals surface area contributed by atoms with Crippen molar-refractivity contribution in [2.45, 2.75) is 26.8 Å². The molecule has 2 heterocycles. The second-order valence-electron chi connectivity index (χ2n) is 7.85. The zero-order chi connectivity index (χ0) is 23.0. The predicted molar refractivity (Wildman–Crippen MR) is 122 cm³/mol. The number of amides is 2. The third kappa shape index (κ3) is 3.80. The van der Waals surface area contributed by atoms with E-state index in [0.29, 0.717) is 39.3 Å². The zero-order valence-electron chi connectivity index (χ0n) is 17.9. The maximum atomic E-state index is 12.8. The minimum absolute atomic E-state index is 0.175. The van der Waals surface area contributed by atoms with E-state index < -0.39 is 5.97 Å². The van der Waals surface area contributed by atoms with Gasteiger partial charge in [0.05, 0.1) is 17.2 Å². The molecule has 4 N–H and O–H groups in total. The van der Waals surface area contributed by atoms with E-state index in [1.54, 1.807) is 38.1 Å². The number of aromatic amines is 1. The maximum Gasteiger partial charge on any atom is 0.337 e. The molecule has 2 aromatic carbocycles. The van der Waals surface area contributed by atoms with Gasteiger partial charge in [-0.25, -0.2) is 4.79 Å². The fraction of sp³-hybridized carbons (Fsp3) is 0.160. The lowest BCUT2D eigenvalue weighted by molar-refractivity contribution is -0.110. The van der Waals surface area contributed by atoms with E-state index in [1.807, 2.05) is 37.3 Å². The minimum atomic E-state index is -1.02. The molecular weight excluding hydrogens is 406 g/mol. The molecule has 1 atom stereocenters. The molecule has 0 spiro atoms. The Kier molecular flexibility index (Phi) is 5.40. The number of carbonyl (C=O) groups is 3. The number of carboxylic acid groups (broad SMARTS) is 1. The Morgan fingerprint density at radius 3 is 2.47 bits per heavy atom. The molecule has 7 nitrogen and oxygen atoms in total. The van der Waals surface area contributed by atoms with E-state index in [-0.39, 0.29) is 23.4 Å². The first-order valence-corrected chi connectivity index (χ1v) is 10.2. The van der Waals surface area contributed by atoms with Crippen molar-refractivity contribution in [1.82, 2.24) is 10.3 Å². The van der Waals surface area contributed by atoms with Crippen LogP contribution in [-0.2, 0) is 4.79 Å². The summed E-state index contributed by atoms with van der Waals surface area (Å²) in [5.41, 5.74) is 4.80. The summed E-state index contributed by atoms with van der Waals surface area (Å²) in [5.74, 6) is -1.58. The number of carbonyl (C=O) groups excluding carboxylic acids is 2. The Labute approximate surface area is 185 Å². The molecule has 3 aromatic rings. The third-order valence-corrected chi connectivity index (χ3v) is 5.69. The number of hydrogen-bond acceptors (Lipinski definition) is 3. The summed E-state index contributed by atoms with van der Waals surface area (Å²) in [4.78, 5) is 40.0. The van der Waals surface area contributed by atoms with Gasteiger partial charge in [0.2, 0.25) is 0 Å². The Balaban J connectivity index is 1.66. The van der Waals surface area contributed by atoms with Gasteiger partial charge in [-0.1, -0.05) is 30.3 Å². The van der Waals surface area contributed by atoms with Gasteiger partial charge in [0.15, 0.2) is 0 Å². The van der Waals surface area contributed by atoms with Gasteiger partial charge < -0.3 is 20.7 Å². The van der Waals surface area contributed by atoms with Gasteiger partial charge in [0.1, 0.15) is 0 Å². The number of nitrogens with one attached hydrogen (secondary N) is 3. The van der Waals surface area contributed by atoms with Crippen molar-refractivity contribution >= 4 is 35.1 Å². The van der Waals surface area contributed by atoms with E-state index in [0.717, 1.165) is 5.56 Å². The first-order valence-electron chi connectivity index (χ1n) is 10.2. The number of aromatic nitrogens is 1. The molecule has 0 fully saturated rings. The number of anilines is 1. The molecule has 0 bridgehead atoms. The van der Waals surface area contributed by atoms with Crippen LogP contribution in [0.2, 0.25) is 0 Å². The lowest BCUT2D eigenvalue weighted by Crippen LogP contribution is -2.26. The van der Waals surface area contributed by atoms with Gasteiger partial charge in [-0.15, -0.1) is 0 Å². The Bertz CT molecular complexity index is 1270. The fourth-order valence-electron chi connectivity index (χ4n) is 3.96. The quantitative estimate of drug-likeness (QED) is 0.453. The first kappa shape index (κ1) is 21.1. The smallest absolute Gasteiger partial charge is 0.337 e. The maximum absolute atomic E-state index is 12.8. The Morgan fingerprint density at radius 2 is 1.81 bits per heavy atom. The average Bonchev–Trinajstić information content (AvgIpc) is 3.23. The summed E-state index contributed by atoms with van der Waals surface area (Å²) in [7, 11) is 0. The molecule has 32 heavy (non-hydrogen) atoms. The summed E-state index contributed by atoms with van der Waals surface area (Å²) >= 11 is 0. The molecule has 4 rings (SSSR count). The van der Waals surface area contributed by atoms with Crippen LogP contribution in [0.25, 0.3) is 11.6 Å². The SMILES string of the molecule is Cc1[nH]c(/C=C2\C(=O)Nc3ccc(C(=O)NC(C)c4ccccc4)cc32)c(C)c1C(=O)O. The molecule has 1 unspecified atom stereocenters. The second-order valence-corrected chi connectivity index (χ2v) is 7.85. The van der Waals surface area contributed by atoms with Crippen molar-refractivity contribution in [2.24, 2.45) is 0 Å². The first-order chi connectivity index (χ1) is 15.3. The standard InChI is InChI=1S/C25H23N3O4/c1-13-21(26-15(3)22(13)25(31)32)12-19-18-11-17(9-10-20(18)28-24(19)30)23(29)27-14(2)16-7-5-4-6-8-16/h4-12,14,26H,1-3H3,(H,27,29)(H,28,30)(H,31,32)/b19-12-. The molecule has 2 amide bonds. The molecule has 162 valence electrons. The number of carboxylic acids is 1. The van der Waals surface area contributed by atoms with Crippen molar-refractivity contribution in [1.29, 1.82) is 0 Å². The van der Waals surface area contributed by atoms with Crippen LogP contribution in [0.3, 0.4) is 0 Å². The fourth-order valence-corrected chi connectivity index (χ4v) is 3.96. The highest BCUT2D eigenvalue weighted by Crippen LogP contribution is 2.35. The third-order valence-electron chi connectivity index (χ3n) is 5.69. The lowest BCUT2D eigenvalue weighted by Gasteiger charge is -2.14. The van der Waals surface area contributed by atoms with E-state index in [1.165, 1.54) is 0 Å². The van der Waals surface area contributed by atoms with Crippen LogP contribution in [0.15, 0.2) is 48.5 Å². The van der Waals surface area contributed by atoms with Crippen molar-refractivity contribution in [3.05, 3.63) is 87.7 Å². The molecule has 1 aromatic heterocycles. The average molecular weight is 429 g/mol. The summed E-state index contributed by atoms with van der Waals surface area (Å²) < 4.78 is 0. The van der Waals surface area contributed by atoms with Gasteiger partial charge in [0, 0.05) is 28.2 Å². The summed E-state index contributed by atoms with van der Waals surface area (Å²) in [6.07, 6.45) is 1.63. The molecule has 0 saturated heterocycles. The van der Waals surface area contributed by atoms with Gasteiger partial charge in [-0.05, 0) is 56.2 Å². The summed E-state index contributed by atoms with van der Waals surface area (Å²) in [6, 6.07) is 14.5. The van der Waals surface area contributed by atoms with Crippen LogP contribution in [-0.4, -0.2) is 27.9 Å². The summed E-state index contributed by atoms with van der Waals surface area (Å²) in [6.45, 7) is 5.28. The minimum Gasteiger partial charge on any atom is -0.478 e. The highest BCUT2D eigenvalue weighted by molar-refractivity contribution is 6.35. The molecule has 1 aliphatic rings. The molecule has 0 aliphatic carbocycles. The van der Waals surface area contributed by atoms with Crippen LogP contribution < -0.4 is 10.6 Å². The normalized spacial score (nSPS) is 14.7. The van der Waals surface area contributed by atoms with E-state index in [2.05, 4.69) is 15.6 Å². The number of aryl methyl sites for hydroxylation is 1. The van der Waals surface area contributed by atoms with E-state index in [4.69, 9.17) is 0 Å². The Hall–Kier alpha value is -4.13. The lowest BCUT2D eigenvalue weighted by atomic mass is 10.0. The van der Waals surface area contributed by atoms with Crippen LogP contribution in [0.1, 0.15) is 61.8 Å². The van der Waals surface area contributed by atoms with Gasteiger partial charge >= 0.3 is 5.97 Å². The van der Waals surface area contributed by atoms with Gasteiger partial charge in [-0.3, -0.25) is 9.59 Å². The topological polar surface area (TPSA) is 111 Å². The van der Waals surface area contributed by atoms with Crippen molar-refractivity contribution < 1.29 is 19.5 Å². The number of aromatic carboxylic acids is 1. The van der Waals surface area contributed by atoms with Crippen molar-refractivity contribution in [3.8, 4) is 0 Å². The number of rotatable bonds is 5. The largest absolute Gasteiger partial charge is 0.478 e. The molecule has 0 saturated carbocycles. The number of hydrogen-bond donors (Lipinski definition) is 4. The number of benzene rings is 2. The monoisotopic (exact) mass is 429 g/mol. The highest BCUT2D eigenvalue weighted by Gasteiger charge is 2.27. The van der Waals surface area contributed by atoms with Gasteiger partial charge in [0.25, 0.3) is 11.8 Å². The van der Waals surface area contributed by atoms with E-state index >= 15 is 0 Å². The Morgan fingerprint density at radius 1 is 1.09 bits per heavy atom. The molecule has 1 aliphatic heterocycles.